The normalized spacial score (nSPS) is 34.2. The highest BCUT2D eigenvalue weighted by molar-refractivity contribution is 8.00. The first-order chi connectivity index (χ1) is 9.38. The molecule has 1 aromatic carbocycles. The molecular weight excluding hydrogens is 252 g/mol. The standard InChI is InChI=1S/C16H22N2S/c1-2-6-16-12(4-1)8-14(19-16)10-18-9-13-5-3-7-17-15(13)11-18/h1-2,4,6,13-15,17H,3,5,7-11H2. The van der Waals surface area contributed by atoms with Gasteiger partial charge in [0.2, 0.25) is 0 Å². The van der Waals surface area contributed by atoms with E-state index in [0.29, 0.717) is 0 Å². The summed E-state index contributed by atoms with van der Waals surface area (Å²) >= 11 is 2.09. The van der Waals surface area contributed by atoms with E-state index in [1.165, 1.54) is 50.3 Å². The summed E-state index contributed by atoms with van der Waals surface area (Å²) in [6.45, 7) is 5.11. The van der Waals surface area contributed by atoms with E-state index >= 15 is 0 Å². The van der Waals surface area contributed by atoms with Gasteiger partial charge in [-0.3, -0.25) is 0 Å². The molecule has 0 aromatic heterocycles. The Morgan fingerprint density at radius 3 is 3.11 bits per heavy atom. The van der Waals surface area contributed by atoms with Crippen LogP contribution in [0.3, 0.4) is 0 Å². The maximum atomic E-state index is 3.70. The Kier molecular flexibility index (Phi) is 3.30. The van der Waals surface area contributed by atoms with Crippen molar-refractivity contribution in [2.24, 2.45) is 5.92 Å². The number of hydrogen-bond acceptors (Lipinski definition) is 3. The lowest BCUT2D eigenvalue weighted by molar-refractivity contribution is 0.320. The molecular formula is C16H22N2S. The summed E-state index contributed by atoms with van der Waals surface area (Å²) in [7, 11) is 0. The number of likely N-dealkylation sites (tertiary alicyclic amines) is 1. The second-order valence-corrected chi connectivity index (χ2v) is 7.58. The first kappa shape index (κ1) is 12.2. The second-order valence-electron chi connectivity index (χ2n) is 6.23. The minimum Gasteiger partial charge on any atom is -0.312 e. The molecule has 0 saturated carbocycles. The topological polar surface area (TPSA) is 15.3 Å². The molecule has 102 valence electrons. The molecule has 3 unspecified atom stereocenters. The number of fused-ring (bicyclic) bond motifs is 2. The zero-order chi connectivity index (χ0) is 12.7. The molecule has 3 heteroatoms. The fourth-order valence-corrected chi connectivity index (χ4v) is 5.30. The van der Waals surface area contributed by atoms with Crippen LogP contribution in [0, 0.1) is 5.92 Å². The van der Waals surface area contributed by atoms with Gasteiger partial charge in [0.25, 0.3) is 0 Å². The van der Waals surface area contributed by atoms with E-state index in [1.807, 2.05) is 0 Å². The third kappa shape index (κ3) is 2.44. The van der Waals surface area contributed by atoms with Crippen molar-refractivity contribution in [2.75, 3.05) is 26.2 Å². The van der Waals surface area contributed by atoms with Crippen molar-refractivity contribution in [3.05, 3.63) is 29.8 Å². The highest BCUT2D eigenvalue weighted by atomic mass is 32.2. The SMILES string of the molecule is c1ccc2c(c1)CC(CN1CC3CCCNC3C1)S2. The summed E-state index contributed by atoms with van der Waals surface area (Å²) in [4.78, 5) is 4.22. The maximum absolute atomic E-state index is 3.70. The molecule has 0 amide bonds. The zero-order valence-corrected chi connectivity index (χ0v) is 12.2. The maximum Gasteiger partial charge on any atom is 0.0263 e. The molecule has 3 aliphatic heterocycles. The molecule has 0 bridgehead atoms. The van der Waals surface area contributed by atoms with Crippen molar-refractivity contribution in [3.8, 4) is 0 Å². The molecule has 4 rings (SSSR count). The first-order valence-corrected chi connectivity index (χ1v) is 8.47. The molecule has 0 aliphatic carbocycles. The van der Waals surface area contributed by atoms with Gasteiger partial charge in [0.05, 0.1) is 0 Å². The Morgan fingerprint density at radius 1 is 1.26 bits per heavy atom. The van der Waals surface area contributed by atoms with Crippen molar-refractivity contribution in [3.63, 3.8) is 0 Å². The minimum atomic E-state index is 0.776. The van der Waals surface area contributed by atoms with Crippen LogP contribution in [0.1, 0.15) is 18.4 Å². The van der Waals surface area contributed by atoms with Gasteiger partial charge >= 0.3 is 0 Å². The van der Waals surface area contributed by atoms with Crippen LogP contribution in [0.25, 0.3) is 0 Å². The van der Waals surface area contributed by atoms with Gasteiger partial charge in [-0.15, -0.1) is 11.8 Å². The number of hydrogen-bond donors (Lipinski definition) is 1. The Labute approximate surface area is 119 Å². The molecule has 3 heterocycles. The van der Waals surface area contributed by atoms with E-state index in [-0.39, 0.29) is 0 Å². The lowest BCUT2D eigenvalue weighted by Gasteiger charge is -2.24. The molecule has 3 atom stereocenters. The fourth-order valence-electron chi connectivity index (χ4n) is 3.93. The molecule has 2 nitrogen and oxygen atoms in total. The van der Waals surface area contributed by atoms with Crippen LogP contribution in [0.4, 0.5) is 0 Å². The summed E-state index contributed by atoms with van der Waals surface area (Å²) in [6, 6.07) is 9.71. The van der Waals surface area contributed by atoms with E-state index in [2.05, 4.69) is 46.2 Å². The lowest BCUT2D eigenvalue weighted by atomic mass is 9.94. The van der Waals surface area contributed by atoms with E-state index < -0.39 is 0 Å². The van der Waals surface area contributed by atoms with E-state index in [1.54, 1.807) is 5.56 Å². The molecule has 2 saturated heterocycles. The monoisotopic (exact) mass is 274 g/mol. The van der Waals surface area contributed by atoms with Crippen LogP contribution in [0.2, 0.25) is 0 Å². The predicted molar refractivity (Wildman–Crippen MR) is 80.7 cm³/mol. The quantitative estimate of drug-likeness (QED) is 0.891. The molecule has 2 fully saturated rings. The van der Waals surface area contributed by atoms with Gasteiger partial charge in [0.15, 0.2) is 0 Å². The number of piperidine rings is 1. The van der Waals surface area contributed by atoms with Gasteiger partial charge in [-0.05, 0) is 43.4 Å². The summed E-state index contributed by atoms with van der Waals surface area (Å²) < 4.78 is 0. The van der Waals surface area contributed by atoms with Crippen LogP contribution >= 0.6 is 11.8 Å². The molecule has 19 heavy (non-hydrogen) atoms. The summed E-state index contributed by atoms with van der Waals surface area (Å²) in [5.74, 6) is 0.919. The van der Waals surface area contributed by atoms with Gasteiger partial charge in [0, 0.05) is 35.8 Å². The van der Waals surface area contributed by atoms with Crippen molar-refractivity contribution < 1.29 is 0 Å². The van der Waals surface area contributed by atoms with Gasteiger partial charge < -0.3 is 10.2 Å². The lowest BCUT2D eigenvalue weighted by Crippen LogP contribution is -2.41. The number of thioether (sulfide) groups is 1. The van der Waals surface area contributed by atoms with Gasteiger partial charge in [-0.25, -0.2) is 0 Å². The molecule has 3 aliphatic rings. The number of nitrogens with one attached hydrogen (secondary N) is 1. The molecule has 1 N–H and O–H groups in total. The van der Waals surface area contributed by atoms with Gasteiger partial charge in [-0.1, -0.05) is 18.2 Å². The highest BCUT2D eigenvalue weighted by Gasteiger charge is 2.35. The number of nitrogens with zero attached hydrogens (tertiary/aromatic N) is 1. The highest BCUT2D eigenvalue weighted by Crippen LogP contribution is 2.38. The van der Waals surface area contributed by atoms with E-state index in [9.17, 15) is 0 Å². The summed E-state index contributed by atoms with van der Waals surface area (Å²) in [5.41, 5.74) is 1.56. The molecule has 0 radical (unpaired) electrons. The van der Waals surface area contributed by atoms with Crippen molar-refractivity contribution in [2.45, 2.75) is 35.4 Å². The fraction of sp³-hybridized carbons (Fsp3) is 0.625. The average Bonchev–Trinajstić information content (AvgIpc) is 3.00. The predicted octanol–water partition coefficient (Wildman–Crippen LogP) is 2.39. The Balaban J connectivity index is 1.37. The number of rotatable bonds is 2. The largest absolute Gasteiger partial charge is 0.312 e. The van der Waals surface area contributed by atoms with Crippen molar-refractivity contribution in [1.82, 2.24) is 10.2 Å². The molecule has 0 spiro atoms. The van der Waals surface area contributed by atoms with Crippen molar-refractivity contribution in [1.29, 1.82) is 0 Å². The Morgan fingerprint density at radius 2 is 2.21 bits per heavy atom. The zero-order valence-electron chi connectivity index (χ0n) is 11.3. The van der Waals surface area contributed by atoms with Crippen LogP contribution in [-0.4, -0.2) is 42.4 Å². The second kappa shape index (κ2) is 5.12. The average molecular weight is 274 g/mol. The van der Waals surface area contributed by atoms with Gasteiger partial charge in [0.1, 0.15) is 0 Å². The van der Waals surface area contributed by atoms with E-state index in [4.69, 9.17) is 0 Å². The van der Waals surface area contributed by atoms with Crippen LogP contribution in [-0.2, 0) is 6.42 Å². The van der Waals surface area contributed by atoms with Crippen LogP contribution in [0.15, 0.2) is 29.2 Å². The van der Waals surface area contributed by atoms with Crippen molar-refractivity contribution >= 4 is 11.8 Å². The van der Waals surface area contributed by atoms with E-state index in [0.717, 1.165) is 17.2 Å². The molecule has 1 aromatic rings. The third-order valence-electron chi connectivity index (χ3n) is 4.85. The van der Waals surface area contributed by atoms with Crippen LogP contribution in [0.5, 0.6) is 0 Å². The Bertz CT molecular complexity index is 423. The Hall–Kier alpha value is -0.510. The van der Waals surface area contributed by atoms with Gasteiger partial charge in [-0.2, -0.15) is 0 Å². The smallest absolute Gasteiger partial charge is 0.0263 e. The number of benzene rings is 1. The summed E-state index contributed by atoms with van der Waals surface area (Å²) in [5, 5.41) is 4.48. The van der Waals surface area contributed by atoms with Crippen LogP contribution < -0.4 is 5.32 Å². The first-order valence-electron chi connectivity index (χ1n) is 7.59. The third-order valence-corrected chi connectivity index (χ3v) is 6.15. The minimum absolute atomic E-state index is 0.776. The summed E-state index contributed by atoms with van der Waals surface area (Å²) in [6.07, 6.45) is 4.07.